The minimum absolute atomic E-state index is 0.0680. The molecule has 5 nitrogen and oxygen atoms in total. The van der Waals surface area contributed by atoms with E-state index < -0.39 is 15.7 Å². The molecule has 0 bridgehead atoms. The summed E-state index contributed by atoms with van der Waals surface area (Å²) in [7, 11) is -3.87. The van der Waals surface area contributed by atoms with Gasteiger partial charge in [-0.3, -0.25) is 4.79 Å². The maximum absolute atomic E-state index is 12.7. The van der Waals surface area contributed by atoms with Crippen molar-refractivity contribution >= 4 is 27.4 Å². The highest BCUT2D eigenvalue weighted by molar-refractivity contribution is 7.89. The second-order valence-corrected chi connectivity index (χ2v) is 7.35. The predicted octanol–water partition coefficient (Wildman–Crippen LogP) is 2.83. The van der Waals surface area contributed by atoms with Gasteiger partial charge < -0.3 is 4.74 Å². The Morgan fingerprint density at radius 3 is 2.13 bits per heavy atom. The number of carbonyl (C=O) groups is 1. The van der Waals surface area contributed by atoms with E-state index in [0.29, 0.717) is 16.2 Å². The summed E-state index contributed by atoms with van der Waals surface area (Å²) in [4.78, 5) is 11.7. The van der Waals surface area contributed by atoms with Crippen molar-refractivity contribution in [1.29, 1.82) is 0 Å². The SMILES string of the molecule is CCOC1(NS(=O)(=O)c2ccc(Cl)cc2)C(C)=CC(=O)C=C1C. The van der Waals surface area contributed by atoms with Crippen LogP contribution in [0.25, 0.3) is 0 Å². The van der Waals surface area contributed by atoms with Crippen LogP contribution in [-0.2, 0) is 19.6 Å². The number of benzene rings is 1. The van der Waals surface area contributed by atoms with Crippen LogP contribution in [0, 0.1) is 0 Å². The zero-order valence-corrected chi connectivity index (χ0v) is 14.7. The molecular weight excluding hydrogens is 338 g/mol. The van der Waals surface area contributed by atoms with Gasteiger partial charge in [0, 0.05) is 11.6 Å². The lowest BCUT2D eigenvalue weighted by Gasteiger charge is -2.37. The van der Waals surface area contributed by atoms with E-state index in [1.54, 1.807) is 20.8 Å². The number of allylic oxidation sites excluding steroid dienone is 2. The van der Waals surface area contributed by atoms with Crippen molar-refractivity contribution in [3.63, 3.8) is 0 Å². The highest BCUT2D eigenvalue weighted by Gasteiger charge is 2.41. The Morgan fingerprint density at radius 1 is 1.13 bits per heavy atom. The van der Waals surface area contributed by atoms with Gasteiger partial charge in [0.1, 0.15) is 0 Å². The zero-order chi connectivity index (χ0) is 17.3. The van der Waals surface area contributed by atoms with E-state index in [2.05, 4.69) is 4.72 Å². The summed E-state index contributed by atoms with van der Waals surface area (Å²) in [6.07, 6.45) is 2.74. The van der Waals surface area contributed by atoms with Crippen molar-refractivity contribution in [2.75, 3.05) is 6.61 Å². The zero-order valence-electron chi connectivity index (χ0n) is 13.1. The van der Waals surface area contributed by atoms with Crippen LogP contribution in [0.1, 0.15) is 20.8 Å². The molecule has 124 valence electrons. The van der Waals surface area contributed by atoms with Crippen molar-refractivity contribution < 1.29 is 17.9 Å². The topological polar surface area (TPSA) is 72.5 Å². The molecule has 1 aliphatic rings. The van der Waals surface area contributed by atoms with Gasteiger partial charge in [-0.2, -0.15) is 4.72 Å². The summed E-state index contributed by atoms with van der Waals surface area (Å²) in [5, 5.41) is 0.443. The maximum atomic E-state index is 12.7. The molecule has 0 spiro atoms. The maximum Gasteiger partial charge on any atom is 0.243 e. The summed E-state index contributed by atoms with van der Waals surface area (Å²) in [5.41, 5.74) is -0.384. The number of rotatable bonds is 5. The van der Waals surface area contributed by atoms with Crippen LogP contribution in [0.5, 0.6) is 0 Å². The monoisotopic (exact) mass is 355 g/mol. The number of hydrogen-bond acceptors (Lipinski definition) is 4. The van der Waals surface area contributed by atoms with Gasteiger partial charge in [-0.15, -0.1) is 0 Å². The highest BCUT2D eigenvalue weighted by atomic mass is 35.5. The van der Waals surface area contributed by atoms with Crippen molar-refractivity contribution in [1.82, 2.24) is 4.72 Å². The minimum Gasteiger partial charge on any atom is -0.352 e. The van der Waals surface area contributed by atoms with Crippen LogP contribution < -0.4 is 4.72 Å². The smallest absolute Gasteiger partial charge is 0.243 e. The fourth-order valence-electron chi connectivity index (χ4n) is 2.48. The van der Waals surface area contributed by atoms with Gasteiger partial charge in [0.2, 0.25) is 10.0 Å². The average molecular weight is 356 g/mol. The summed E-state index contributed by atoms with van der Waals surface area (Å²) < 4.78 is 33.7. The molecule has 0 unspecified atom stereocenters. The van der Waals surface area contributed by atoms with E-state index >= 15 is 0 Å². The molecule has 0 saturated heterocycles. The van der Waals surface area contributed by atoms with Crippen LogP contribution in [0.15, 0.2) is 52.5 Å². The normalized spacial score (nSPS) is 17.7. The lowest BCUT2D eigenvalue weighted by Crippen LogP contribution is -2.53. The Kier molecular flexibility index (Phi) is 5.10. The number of sulfonamides is 1. The molecule has 0 aromatic heterocycles. The van der Waals surface area contributed by atoms with Crippen LogP contribution in [0.4, 0.5) is 0 Å². The third kappa shape index (κ3) is 3.55. The van der Waals surface area contributed by atoms with Crippen LogP contribution in [0.3, 0.4) is 0 Å². The minimum atomic E-state index is -3.87. The van der Waals surface area contributed by atoms with Gasteiger partial charge in [-0.25, -0.2) is 8.42 Å². The van der Waals surface area contributed by atoms with E-state index in [9.17, 15) is 13.2 Å². The number of hydrogen-bond donors (Lipinski definition) is 1. The third-order valence-corrected chi connectivity index (χ3v) is 5.29. The molecule has 1 aliphatic carbocycles. The fourth-order valence-corrected chi connectivity index (χ4v) is 3.98. The molecule has 0 atom stereocenters. The van der Waals surface area contributed by atoms with E-state index in [4.69, 9.17) is 16.3 Å². The highest BCUT2D eigenvalue weighted by Crippen LogP contribution is 2.32. The van der Waals surface area contributed by atoms with Gasteiger partial charge in [-0.1, -0.05) is 11.6 Å². The molecule has 1 aromatic carbocycles. The first-order chi connectivity index (χ1) is 10.7. The lowest BCUT2D eigenvalue weighted by molar-refractivity contribution is -0.111. The fraction of sp³-hybridized carbons (Fsp3) is 0.312. The lowest BCUT2D eigenvalue weighted by atomic mass is 9.90. The molecule has 0 aliphatic heterocycles. The van der Waals surface area contributed by atoms with Crippen molar-refractivity contribution in [3.8, 4) is 0 Å². The van der Waals surface area contributed by atoms with E-state index in [1.807, 2.05) is 0 Å². The molecule has 0 saturated carbocycles. The number of nitrogens with one attached hydrogen (secondary N) is 1. The summed E-state index contributed by atoms with van der Waals surface area (Å²) in [5.74, 6) is -0.194. The van der Waals surface area contributed by atoms with E-state index in [-0.39, 0.29) is 17.3 Å². The Hall–Kier alpha value is -1.47. The van der Waals surface area contributed by atoms with E-state index in [1.165, 1.54) is 36.4 Å². The quantitative estimate of drug-likeness (QED) is 0.824. The molecule has 0 radical (unpaired) electrons. The molecule has 0 heterocycles. The molecule has 7 heteroatoms. The molecule has 0 fully saturated rings. The van der Waals surface area contributed by atoms with Crippen LogP contribution >= 0.6 is 11.6 Å². The molecule has 23 heavy (non-hydrogen) atoms. The van der Waals surface area contributed by atoms with Crippen LogP contribution in [0.2, 0.25) is 5.02 Å². The summed E-state index contributed by atoms with van der Waals surface area (Å²) in [6, 6.07) is 5.82. The van der Waals surface area contributed by atoms with Gasteiger partial charge in [0.15, 0.2) is 11.5 Å². The second-order valence-electron chi connectivity index (χ2n) is 5.23. The Bertz CT molecular complexity index is 757. The van der Waals surface area contributed by atoms with Gasteiger partial charge in [0.05, 0.1) is 4.90 Å². The van der Waals surface area contributed by atoms with Crippen LogP contribution in [-0.4, -0.2) is 26.5 Å². The second kappa shape index (κ2) is 6.57. The van der Waals surface area contributed by atoms with Crippen molar-refractivity contribution in [3.05, 3.63) is 52.6 Å². The number of ketones is 1. The van der Waals surface area contributed by atoms with Gasteiger partial charge in [0.25, 0.3) is 0 Å². The largest absolute Gasteiger partial charge is 0.352 e. The third-order valence-electron chi connectivity index (χ3n) is 3.59. The van der Waals surface area contributed by atoms with Crippen molar-refractivity contribution in [2.24, 2.45) is 0 Å². The molecule has 2 rings (SSSR count). The van der Waals surface area contributed by atoms with Gasteiger partial charge in [-0.05, 0) is 68.3 Å². The Morgan fingerprint density at radius 2 is 1.65 bits per heavy atom. The molecule has 0 amide bonds. The Balaban J connectivity index is 2.47. The summed E-state index contributed by atoms with van der Waals surface area (Å²) >= 11 is 5.80. The average Bonchev–Trinajstić information content (AvgIpc) is 2.45. The number of halogens is 1. The molecular formula is C16H18ClNO4S. The first-order valence-electron chi connectivity index (χ1n) is 7.06. The standard InChI is InChI=1S/C16H18ClNO4S/c1-4-22-16(11(2)9-14(19)10-12(16)3)18-23(20,21)15-7-5-13(17)6-8-15/h5-10,18H,4H2,1-3H3. The first kappa shape index (κ1) is 17.9. The first-order valence-corrected chi connectivity index (χ1v) is 8.92. The predicted molar refractivity (Wildman–Crippen MR) is 88.7 cm³/mol. The molecule has 1 aromatic rings. The van der Waals surface area contributed by atoms with Crippen molar-refractivity contribution in [2.45, 2.75) is 31.4 Å². The molecule has 1 N–H and O–H groups in total. The number of carbonyl (C=O) groups excluding carboxylic acids is 1. The Labute approximate surface area is 141 Å². The summed E-state index contributed by atoms with van der Waals surface area (Å²) in [6.45, 7) is 5.35. The van der Waals surface area contributed by atoms with Gasteiger partial charge >= 0.3 is 0 Å². The van der Waals surface area contributed by atoms with E-state index in [0.717, 1.165) is 0 Å². The number of ether oxygens (including phenoxy) is 1.